The molecule has 1 amide bonds. The number of imidazole rings is 1. The van der Waals surface area contributed by atoms with Crippen molar-refractivity contribution in [1.82, 2.24) is 15.0 Å². The van der Waals surface area contributed by atoms with Gasteiger partial charge in [-0.25, -0.2) is 9.97 Å². The number of benzene rings is 3. The highest BCUT2D eigenvalue weighted by Gasteiger charge is 2.21. The smallest absolute Gasteiger partial charge is 0.239 e. The van der Waals surface area contributed by atoms with Crippen LogP contribution in [0.15, 0.2) is 84.0 Å². The second-order valence-corrected chi connectivity index (χ2v) is 10.2. The monoisotopic (exact) mass is 500 g/mol. The molecule has 2 heterocycles. The SMILES string of the molecule is CCOc1ccc2nc(NC(=O)C(C)Sc3nc(-c4ccccc4)c(-c4ccccc4)[nH]3)sc2c1. The number of aromatic amines is 1. The number of carbonyl (C=O) groups excluding carboxylic acids is 1. The Morgan fingerprint density at radius 3 is 2.46 bits per heavy atom. The lowest BCUT2D eigenvalue weighted by Gasteiger charge is -2.08. The minimum Gasteiger partial charge on any atom is -0.494 e. The van der Waals surface area contributed by atoms with Crippen molar-refractivity contribution in [3.05, 3.63) is 78.9 Å². The number of amides is 1. The predicted molar refractivity (Wildman–Crippen MR) is 144 cm³/mol. The van der Waals surface area contributed by atoms with E-state index in [-0.39, 0.29) is 11.2 Å². The zero-order valence-corrected chi connectivity index (χ0v) is 21.0. The Labute approximate surface area is 211 Å². The van der Waals surface area contributed by atoms with Gasteiger partial charge in [0.2, 0.25) is 5.91 Å². The van der Waals surface area contributed by atoms with Gasteiger partial charge >= 0.3 is 0 Å². The first-order chi connectivity index (χ1) is 17.1. The van der Waals surface area contributed by atoms with Gasteiger partial charge < -0.3 is 15.0 Å². The maximum absolute atomic E-state index is 13.0. The van der Waals surface area contributed by atoms with Gasteiger partial charge in [-0.3, -0.25) is 4.79 Å². The topological polar surface area (TPSA) is 79.9 Å². The molecule has 1 unspecified atom stereocenters. The Hall–Kier alpha value is -3.62. The summed E-state index contributed by atoms with van der Waals surface area (Å²) in [6.07, 6.45) is 0. The van der Waals surface area contributed by atoms with E-state index >= 15 is 0 Å². The second-order valence-electron chi connectivity index (χ2n) is 7.83. The summed E-state index contributed by atoms with van der Waals surface area (Å²) >= 11 is 2.82. The highest BCUT2D eigenvalue weighted by molar-refractivity contribution is 8.00. The van der Waals surface area contributed by atoms with Crippen LogP contribution in [0.4, 0.5) is 5.13 Å². The molecule has 0 aliphatic heterocycles. The van der Waals surface area contributed by atoms with Crippen LogP contribution in [0.1, 0.15) is 13.8 Å². The highest BCUT2D eigenvalue weighted by Crippen LogP contribution is 2.34. The zero-order valence-electron chi connectivity index (χ0n) is 19.3. The number of hydrogen-bond donors (Lipinski definition) is 2. The second kappa shape index (κ2) is 10.3. The molecular weight excluding hydrogens is 476 g/mol. The van der Waals surface area contributed by atoms with Crippen LogP contribution in [0.2, 0.25) is 0 Å². The van der Waals surface area contributed by atoms with Gasteiger partial charge in [0, 0.05) is 11.1 Å². The molecule has 176 valence electrons. The van der Waals surface area contributed by atoms with Crippen LogP contribution >= 0.6 is 23.1 Å². The number of rotatable bonds is 8. The summed E-state index contributed by atoms with van der Waals surface area (Å²) in [5.74, 6) is 0.671. The maximum atomic E-state index is 13.0. The number of aromatic nitrogens is 3. The van der Waals surface area contributed by atoms with Crippen molar-refractivity contribution in [2.24, 2.45) is 0 Å². The van der Waals surface area contributed by atoms with Gasteiger partial charge in [0.15, 0.2) is 10.3 Å². The molecule has 0 aliphatic carbocycles. The molecule has 3 aromatic carbocycles. The fraction of sp³-hybridized carbons (Fsp3) is 0.148. The molecule has 2 aromatic heterocycles. The summed E-state index contributed by atoms with van der Waals surface area (Å²) < 4.78 is 6.53. The van der Waals surface area contributed by atoms with Crippen LogP contribution in [-0.4, -0.2) is 32.7 Å². The number of H-pyrrole nitrogens is 1. The summed E-state index contributed by atoms with van der Waals surface area (Å²) in [6.45, 7) is 4.42. The molecule has 35 heavy (non-hydrogen) atoms. The number of thiazole rings is 1. The molecular formula is C27H24N4O2S2. The van der Waals surface area contributed by atoms with Gasteiger partial charge in [-0.1, -0.05) is 83.8 Å². The van der Waals surface area contributed by atoms with E-state index in [1.165, 1.54) is 23.1 Å². The quantitative estimate of drug-likeness (QED) is 0.227. The van der Waals surface area contributed by atoms with Crippen LogP contribution in [0.3, 0.4) is 0 Å². The van der Waals surface area contributed by atoms with Gasteiger partial charge in [-0.15, -0.1) is 0 Å². The molecule has 0 fully saturated rings. The predicted octanol–water partition coefficient (Wildman–Crippen LogP) is 6.87. The van der Waals surface area contributed by atoms with E-state index in [4.69, 9.17) is 9.72 Å². The summed E-state index contributed by atoms with van der Waals surface area (Å²) in [6, 6.07) is 25.9. The molecule has 5 aromatic rings. The summed E-state index contributed by atoms with van der Waals surface area (Å²) in [5, 5.41) is 3.84. The average molecular weight is 501 g/mol. The Kier molecular flexibility index (Phi) is 6.83. The normalized spacial score (nSPS) is 11.9. The molecule has 2 N–H and O–H groups in total. The number of carbonyl (C=O) groups is 1. The van der Waals surface area contributed by atoms with Crippen molar-refractivity contribution in [1.29, 1.82) is 0 Å². The Morgan fingerprint density at radius 1 is 1.03 bits per heavy atom. The first-order valence-corrected chi connectivity index (χ1v) is 13.0. The number of thioether (sulfide) groups is 1. The van der Waals surface area contributed by atoms with E-state index in [0.29, 0.717) is 16.9 Å². The van der Waals surface area contributed by atoms with Crippen molar-refractivity contribution in [3.8, 4) is 28.3 Å². The van der Waals surface area contributed by atoms with Crippen LogP contribution in [0.25, 0.3) is 32.7 Å². The number of ether oxygens (including phenoxy) is 1. The lowest BCUT2D eigenvalue weighted by atomic mass is 10.1. The van der Waals surface area contributed by atoms with Crippen molar-refractivity contribution in [2.75, 3.05) is 11.9 Å². The van der Waals surface area contributed by atoms with Crippen LogP contribution in [-0.2, 0) is 4.79 Å². The van der Waals surface area contributed by atoms with Gasteiger partial charge in [0.05, 0.1) is 33.5 Å². The highest BCUT2D eigenvalue weighted by atomic mass is 32.2. The van der Waals surface area contributed by atoms with Crippen molar-refractivity contribution < 1.29 is 9.53 Å². The van der Waals surface area contributed by atoms with Gasteiger partial charge in [0.25, 0.3) is 0 Å². The van der Waals surface area contributed by atoms with E-state index < -0.39 is 0 Å². The summed E-state index contributed by atoms with van der Waals surface area (Å²) in [4.78, 5) is 25.8. The van der Waals surface area contributed by atoms with Crippen LogP contribution < -0.4 is 10.1 Å². The van der Waals surface area contributed by atoms with E-state index in [2.05, 4.69) is 27.4 Å². The number of hydrogen-bond acceptors (Lipinski definition) is 6. The fourth-order valence-electron chi connectivity index (χ4n) is 3.67. The van der Waals surface area contributed by atoms with Crippen molar-refractivity contribution in [3.63, 3.8) is 0 Å². The third-order valence-electron chi connectivity index (χ3n) is 5.35. The van der Waals surface area contributed by atoms with E-state index in [1.54, 1.807) is 0 Å². The van der Waals surface area contributed by atoms with E-state index in [9.17, 15) is 4.79 Å². The van der Waals surface area contributed by atoms with Gasteiger partial charge in [-0.2, -0.15) is 0 Å². The molecule has 0 saturated heterocycles. The summed E-state index contributed by atoms with van der Waals surface area (Å²) in [5.41, 5.74) is 4.70. The molecule has 5 rings (SSSR count). The molecule has 0 spiro atoms. The van der Waals surface area contributed by atoms with Crippen molar-refractivity contribution in [2.45, 2.75) is 24.3 Å². The third kappa shape index (κ3) is 5.23. The zero-order chi connectivity index (χ0) is 24.2. The Bertz CT molecular complexity index is 1390. The fourth-order valence-corrected chi connectivity index (χ4v) is 5.37. The standard InChI is InChI=1S/C27H24N4O2S2/c1-3-33-20-14-15-21-22(16-20)35-26(28-21)31-25(32)17(2)34-27-29-23(18-10-6-4-7-11-18)24(30-27)19-12-8-5-9-13-19/h4-17H,3H2,1-2H3,(H,29,30)(H,28,31,32). The average Bonchev–Trinajstić information content (AvgIpc) is 3.48. The molecule has 0 saturated carbocycles. The number of fused-ring (bicyclic) bond motifs is 1. The lowest BCUT2D eigenvalue weighted by Crippen LogP contribution is -2.22. The number of anilines is 1. The molecule has 0 bridgehead atoms. The van der Waals surface area contributed by atoms with E-state index in [1.807, 2.05) is 80.6 Å². The molecule has 0 radical (unpaired) electrons. The molecule has 1 atom stereocenters. The maximum Gasteiger partial charge on any atom is 0.239 e. The Morgan fingerprint density at radius 2 is 1.74 bits per heavy atom. The van der Waals surface area contributed by atoms with E-state index in [0.717, 1.165) is 38.5 Å². The summed E-state index contributed by atoms with van der Waals surface area (Å²) in [7, 11) is 0. The Balaban J connectivity index is 1.35. The number of nitrogens with zero attached hydrogens (tertiary/aromatic N) is 2. The van der Waals surface area contributed by atoms with Gasteiger partial charge in [-0.05, 0) is 32.0 Å². The minimum atomic E-state index is -0.376. The largest absolute Gasteiger partial charge is 0.494 e. The lowest BCUT2D eigenvalue weighted by molar-refractivity contribution is -0.115. The first kappa shape index (κ1) is 23.1. The molecule has 6 nitrogen and oxygen atoms in total. The third-order valence-corrected chi connectivity index (χ3v) is 7.27. The molecule has 0 aliphatic rings. The van der Waals surface area contributed by atoms with Crippen LogP contribution in [0, 0.1) is 0 Å². The van der Waals surface area contributed by atoms with Gasteiger partial charge in [0.1, 0.15) is 5.75 Å². The number of nitrogens with one attached hydrogen (secondary N) is 2. The first-order valence-electron chi connectivity index (χ1n) is 11.3. The molecule has 8 heteroatoms. The van der Waals surface area contributed by atoms with Crippen molar-refractivity contribution >= 4 is 44.4 Å². The minimum absolute atomic E-state index is 0.127. The van der Waals surface area contributed by atoms with Crippen LogP contribution in [0.5, 0.6) is 5.75 Å².